The van der Waals surface area contributed by atoms with Gasteiger partial charge >= 0.3 is 164 Å². The molecule has 1 aromatic heterocycles. The molecule has 0 aliphatic rings. The average molecular weight is 440 g/mol. The van der Waals surface area contributed by atoms with Crippen LogP contribution in [0.25, 0.3) is 0 Å². The normalized spacial score (nSPS) is 11.3. The van der Waals surface area contributed by atoms with Crippen molar-refractivity contribution < 1.29 is 0 Å². The minimum atomic E-state index is 0.670. The second-order valence-corrected chi connectivity index (χ2v) is 10.1. The Morgan fingerprint density at radius 3 is 1.07 bits per heavy atom. The molecule has 0 amide bonds. The van der Waals surface area contributed by atoms with Gasteiger partial charge in [0.25, 0.3) is 0 Å². The second-order valence-electron chi connectivity index (χ2n) is 8.58. The molecule has 0 nitrogen and oxygen atoms in total. The van der Waals surface area contributed by atoms with E-state index in [4.69, 9.17) is 0 Å². The van der Waals surface area contributed by atoms with Gasteiger partial charge in [-0.1, -0.05) is 13.8 Å². The molecule has 0 unspecified atom stereocenters. The van der Waals surface area contributed by atoms with E-state index in [1.807, 2.05) is 0 Å². The molecule has 0 aromatic carbocycles. The van der Waals surface area contributed by atoms with E-state index in [1.54, 1.807) is 11.1 Å². The van der Waals surface area contributed by atoms with E-state index < -0.39 is 0 Å². The van der Waals surface area contributed by atoms with Crippen molar-refractivity contribution in [2.75, 3.05) is 0 Å². The Labute approximate surface area is 177 Å². The molecule has 0 radical (unpaired) electrons. The first-order chi connectivity index (χ1) is 13.4. The first-order valence-electron chi connectivity index (χ1n) is 12.4. The van der Waals surface area contributed by atoms with Crippen LogP contribution in [0.5, 0.6) is 0 Å². The van der Waals surface area contributed by atoms with E-state index in [1.165, 1.54) is 128 Å². The van der Waals surface area contributed by atoms with Crippen LogP contribution >= 0.6 is 0 Å². The van der Waals surface area contributed by atoms with Gasteiger partial charge in [0.05, 0.1) is 0 Å². The third-order valence-corrected chi connectivity index (χ3v) is 7.70. The minimum absolute atomic E-state index is 0.670. The summed E-state index contributed by atoms with van der Waals surface area (Å²) in [5, 5.41) is 0. The molecule has 0 atom stereocenters. The first kappa shape index (κ1) is 25.0. The van der Waals surface area contributed by atoms with E-state index in [2.05, 4.69) is 23.7 Å². The summed E-state index contributed by atoms with van der Waals surface area (Å²) in [6, 6.07) is 0. The van der Waals surface area contributed by atoms with Crippen molar-refractivity contribution in [3.63, 3.8) is 0 Å². The Morgan fingerprint density at radius 1 is 0.444 bits per heavy atom. The molecule has 0 N–H and O–H groups in total. The molecular formula is C26H48Se. The van der Waals surface area contributed by atoms with Crippen LogP contribution in [0.15, 0.2) is 9.88 Å². The summed E-state index contributed by atoms with van der Waals surface area (Å²) in [6.07, 6.45) is 28.7. The Morgan fingerprint density at radius 2 is 0.741 bits per heavy atom. The molecule has 0 fully saturated rings. The van der Waals surface area contributed by atoms with Crippen LogP contribution in [0.3, 0.4) is 0 Å². The predicted octanol–water partition coefficient (Wildman–Crippen LogP) is 8.89. The van der Waals surface area contributed by atoms with Crippen molar-refractivity contribution >= 4 is 14.5 Å². The third kappa shape index (κ3) is 14.6. The van der Waals surface area contributed by atoms with Gasteiger partial charge in [-0.15, -0.1) is 0 Å². The van der Waals surface area contributed by atoms with Crippen LogP contribution in [-0.4, -0.2) is 14.5 Å². The molecule has 0 saturated heterocycles. The quantitative estimate of drug-likeness (QED) is 0.140. The van der Waals surface area contributed by atoms with Crippen molar-refractivity contribution in [2.45, 2.75) is 142 Å². The second kappa shape index (κ2) is 19.3. The molecular weight excluding hydrogens is 391 g/mol. The monoisotopic (exact) mass is 440 g/mol. The number of hydrogen-bond donors (Lipinski definition) is 0. The maximum atomic E-state index is 2.57. The van der Waals surface area contributed by atoms with Crippen LogP contribution in [0.4, 0.5) is 0 Å². The fourth-order valence-corrected chi connectivity index (χ4v) is 6.00. The zero-order valence-corrected chi connectivity index (χ0v) is 20.4. The Balaban J connectivity index is 1.96. The van der Waals surface area contributed by atoms with Crippen LogP contribution in [0, 0.1) is 0 Å². The van der Waals surface area contributed by atoms with Gasteiger partial charge < -0.3 is 0 Å². The van der Waals surface area contributed by atoms with Gasteiger partial charge in [0.2, 0.25) is 0 Å². The minimum Gasteiger partial charge on any atom is -0.0654 e. The molecule has 158 valence electrons. The molecule has 0 spiro atoms. The number of aryl methyl sites for hydroxylation is 2. The van der Waals surface area contributed by atoms with E-state index in [-0.39, 0.29) is 0 Å². The van der Waals surface area contributed by atoms with Crippen LogP contribution in [0.1, 0.15) is 141 Å². The maximum absolute atomic E-state index is 2.57. The Kier molecular flexibility index (Phi) is 17.9. The van der Waals surface area contributed by atoms with Gasteiger partial charge in [-0.05, 0) is 0 Å². The first-order valence-corrected chi connectivity index (χ1v) is 14.4. The summed E-state index contributed by atoms with van der Waals surface area (Å²) >= 11 is 0.670. The van der Waals surface area contributed by atoms with Crippen molar-refractivity contribution in [2.24, 2.45) is 0 Å². The molecule has 1 heteroatoms. The van der Waals surface area contributed by atoms with Gasteiger partial charge in [0, 0.05) is 0 Å². The summed E-state index contributed by atoms with van der Waals surface area (Å²) in [6.45, 7) is 4.61. The molecule has 1 rings (SSSR count). The van der Waals surface area contributed by atoms with Gasteiger partial charge in [0.1, 0.15) is 0 Å². The zero-order valence-electron chi connectivity index (χ0n) is 18.7. The van der Waals surface area contributed by atoms with Crippen molar-refractivity contribution in [3.8, 4) is 0 Å². The summed E-state index contributed by atoms with van der Waals surface area (Å²) in [7, 11) is 0. The third-order valence-electron chi connectivity index (χ3n) is 5.93. The van der Waals surface area contributed by atoms with E-state index >= 15 is 0 Å². The fraction of sp³-hybridized carbons (Fsp3) is 0.846. The summed E-state index contributed by atoms with van der Waals surface area (Å²) in [4.78, 5) is 5.14. The SMILES string of the molecule is CCCCCCCCCCCc1c[se]cc1CCCCCCCCCCC. The topological polar surface area (TPSA) is 0 Å². The van der Waals surface area contributed by atoms with E-state index in [0.29, 0.717) is 14.5 Å². The van der Waals surface area contributed by atoms with Gasteiger partial charge in [-0.3, -0.25) is 0 Å². The molecule has 27 heavy (non-hydrogen) atoms. The fourth-order valence-electron chi connectivity index (χ4n) is 4.04. The van der Waals surface area contributed by atoms with Crippen LogP contribution < -0.4 is 0 Å². The standard InChI is InChI=1S/C26H48Se/c1-3-5-7-9-11-13-15-17-19-21-25-23-27-24-26(25)22-20-18-16-14-12-10-8-6-4-2/h23-24H,3-22H2,1-2H3. The summed E-state index contributed by atoms with van der Waals surface area (Å²) in [5.74, 6) is 0. The Bertz CT molecular complexity index is 370. The number of rotatable bonds is 20. The molecule has 1 aromatic rings. The molecule has 0 saturated carbocycles. The van der Waals surface area contributed by atoms with Crippen molar-refractivity contribution in [1.29, 1.82) is 0 Å². The van der Waals surface area contributed by atoms with Crippen molar-refractivity contribution in [3.05, 3.63) is 21.0 Å². The molecule has 0 bridgehead atoms. The van der Waals surface area contributed by atoms with Crippen LogP contribution in [0.2, 0.25) is 0 Å². The summed E-state index contributed by atoms with van der Waals surface area (Å²) < 4.78 is 0. The molecule has 0 aliphatic carbocycles. The predicted molar refractivity (Wildman–Crippen MR) is 125 cm³/mol. The van der Waals surface area contributed by atoms with E-state index in [0.717, 1.165) is 0 Å². The molecule has 0 aliphatic heterocycles. The number of unbranched alkanes of at least 4 members (excludes halogenated alkanes) is 16. The summed E-state index contributed by atoms with van der Waals surface area (Å²) in [5.41, 5.74) is 3.47. The van der Waals surface area contributed by atoms with Crippen LogP contribution in [-0.2, 0) is 12.8 Å². The zero-order chi connectivity index (χ0) is 19.4. The molecule has 1 heterocycles. The van der Waals surface area contributed by atoms with Gasteiger partial charge in [-0.2, -0.15) is 0 Å². The van der Waals surface area contributed by atoms with E-state index in [9.17, 15) is 0 Å². The average Bonchev–Trinajstić information content (AvgIpc) is 3.12. The van der Waals surface area contributed by atoms with Crippen molar-refractivity contribution in [1.82, 2.24) is 0 Å². The number of hydrogen-bond acceptors (Lipinski definition) is 0. The smallest absolute Gasteiger partial charge is 0.0654 e. The van der Waals surface area contributed by atoms with Gasteiger partial charge in [0.15, 0.2) is 0 Å². The van der Waals surface area contributed by atoms with Gasteiger partial charge in [-0.25, -0.2) is 0 Å². The Hall–Kier alpha value is -0.000519.